The molecule has 0 aliphatic carbocycles. The normalized spacial score (nSPS) is 16.0. The Bertz CT molecular complexity index is 499. The number of nitrogens with zero attached hydrogens (tertiary/aromatic N) is 2. The van der Waals surface area contributed by atoms with Crippen LogP contribution in [0.15, 0.2) is 12.4 Å². The van der Waals surface area contributed by atoms with E-state index in [9.17, 15) is 14.0 Å². The number of halogens is 1. The van der Waals surface area contributed by atoms with Gasteiger partial charge in [-0.05, 0) is 19.8 Å². The highest BCUT2D eigenvalue weighted by molar-refractivity contribution is 5.84. The molecule has 2 rings (SSSR count). The summed E-state index contributed by atoms with van der Waals surface area (Å²) in [6.45, 7) is 3.31. The van der Waals surface area contributed by atoms with Gasteiger partial charge in [-0.2, -0.15) is 0 Å². The van der Waals surface area contributed by atoms with E-state index >= 15 is 0 Å². The quantitative estimate of drug-likeness (QED) is 0.622. The van der Waals surface area contributed by atoms with Crippen molar-refractivity contribution < 1.29 is 18.7 Å². The van der Waals surface area contributed by atoms with E-state index in [-0.39, 0.29) is 17.5 Å². The monoisotopic (exact) mass is 280 g/mol. The average Bonchev–Trinajstić information content (AvgIpc) is 2.47. The molecule has 0 aromatic carbocycles. The van der Waals surface area contributed by atoms with Gasteiger partial charge < -0.3 is 9.64 Å². The van der Waals surface area contributed by atoms with Crippen LogP contribution in [0, 0.1) is 11.7 Å². The molecular formula is C14H17FN2O3. The molecule has 0 saturated carbocycles. The van der Waals surface area contributed by atoms with Crippen molar-refractivity contribution in [3.63, 3.8) is 0 Å². The second-order valence-corrected chi connectivity index (χ2v) is 4.69. The second-order valence-electron chi connectivity index (χ2n) is 4.69. The maximum atomic E-state index is 13.5. The Morgan fingerprint density at radius 2 is 2.20 bits per heavy atom. The third kappa shape index (κ3) is 2.95. The first-order valence-electron chi connectivity index (χ1n) is 6.67. The number of hydrogen-bond acceptors (Lipinski definition) is 5. The second kappa shape index (κ2) is 6.45. The summed E-state index contributed by atoms with van der Waals surface area (Å²) in [5, 5.41) is 0. The predicted octanol–water partition coefficient (Wildman–Crippen LogP) is 1.81. The molecule has 0 N–H and O–H groups in total. The number of piperidine rings is 1. The molecule has 0 bridgehead atoms. The van der Waals surface area contributed by atoms with Crippen LogP contribution in [0.5, 0.6) is 0 Å². The molecule has 6 heteroatoms. The summed E-state index contributed by atoms with van der Waals surface area (Å²) < 4.78 is 18.5. The van der Waals surface area contributed by atoms with E-state index in [0.717, 1.165) is 6.20 Å². The highest BCUT2D eigenvalue weighted by atomic mass is 19.1. The minimum Gasteiger partial charge on any atom is -0.466 e. The third-order valence-corrected chi connectivity index (χ3v) is 3.49. The van der Waals surface area contributed by atoms with E-state index in [1.807, 2.05) is 4.90 Å². The van der Waals surface area contributed by atoms with E-state index in [1.54, 1.807) is 6.92 Å². The zero-order valence-corrected chi connectivity index (χ0v) is 11.3. The Balaban J connectivity index is 2.06. The zero-order valence-electron chi connectivity index (χ0n) is 11.3. The summed E-state index contributed by atoms with van der Waals surface area (Å²) in [4.78, 5) is 28.3. The van der Waals surface area contributed by atoms with E-state index in [1.165, 1.54) is 6.20 Å². The van der Waals surface area contributed by atoms with Crippen molar-refractivity contribution in [2.24, 2.45) is 5.92 Å². The number of carbonyl (C=O) groups is 2. The highest BCUT2D eigenvalue weighted by Crippen LogP contribution is 2.26. The Morgan fingerprint density at radius 3 is 2.80 bits per heavy atom. The Hall–Kier alpha value is -1.98. The molecule has 1 aromatic rings. The molecule has 20 heavy (non-hydrogen) atoms. The topological polar surface area (TPSA) is 59.5 Å². The SMILES string of the molecule is CCOC(=O)C1CCN(c2cncc(F)c2C=O)CC1. The van der Waals surface area contributed by atoms with Crippen LogP contribution in [-0.2, 0) is 9.53 Å². The lowest BCUT2D eigenvalue weighted by molar-refractivity contribution is -0.148. The minimum absolute atomic E-state index is 0.0228. The molecule has 1 aliphatic rings. The van der Waals surface area contributed by atoms with Gasteiger partial charge in [-0.25, -0.2) is 4.39 Å². The first-order valence-corrected chi connectivity index (χ1v) is 6.67. The minimum atomic E-state index is -0.620. The molecule has 1 saturated heterocycles. The fourth-order valence-corrected chi connectivity index (χ4v) is 2.42. The fraction of sp³-hybridized carbons (Fsp3) is 0.500. The number of hydrogen-bond donors (Lipinski definition) is 0. The lowest BCUT2D eigenvalue weighted by Gasteiger charge is -2.32. The number of pyridine rings is 1. The predicted molar refractivity (Wildman–Crippen MR) is 71.2 cm³/mol. The number of carbonyl (C=O) groups excluding carboxylic acids is 2. The Kier molecular flexibility index (Phi) is 4.65. The van der Waals surface area contributed by atoms with Gasteiger partial charge in [0.1, 0.15) is 0 Å². The van der Waals surface area contributed by atoms with Crippen LogP contribution >= 0.6 is 0 Å². The van der Waals surface area contributed by atoms with Crippen LogP contribution in [0.2, 0.25) is 0 Å². The van der Waals surface area contributed by atoms with Crippen molar-refractivity contribution in [2.75, 3.05) is 24.6 Å². The summed E-state index contributed by atoms with van der Waals surface area (Å²) in [5.74, 6) is -0.919. The molecule has 5 nitrogen and oxygen atoms in total. The van der Waals surface area contributed by atoms with Crippen molar-refractivity contribution in [1.29, 1.82) is 0 Å². The van der Waals surface area contributed by atoms with Crippen molar-refractivity contribution in [3.8, 4) is 0 Å². The van der Waals surface area contributed by atoms with Crippen LogP contribution in [-0.4, -0.2) is 36.9 Å². The van der Waals surface area contributed by atoms with Crippen LogP contribution < -0.4 is 4.90 Å². The lowest BCUT2D eigenvalue weighted by atomic mass is 9.96. The van der Waals surface area contributed by atoms with Crippen LogP contribution in [0.25, 0.3) is 0 Å². The van der Waals surface area contributed by atoms with Gasteiger partial charge in [0.15, 0.2) is 12.1 Å². The number of anilines is 1. The van der Waals surface area contributed by atoms with E-state index in [2.05, 4.69) is 4.98 Å². The lowest BCUT2D eigenvalue weighted by Crippen LogP contribution is -2.37. The van der Waals surface area contributed by atoms with Gasteiger partial charge in [0.25, 0.3) is 0 Å². The number of rotatable bonds is 4. The first kappa shape index (κ1) is 14.4. The third-order valence-electron chi connectivity index (χ3n) is 3.49. The summed E-state index contributed by atoms with van der Waals surface area (Å²) in [7, 11) is 0. The van der Waals surface area contributed by atoms with Crippen LogP contribution in [0.3, 0.4) is 0 Å². The maximum absolute atomic E-state index is 13.5. The van der Waals surface area contributed by atoms with Crippen LogP contribution in [0.4, 0.5) is 10.1 Å². The van der Waals surface area contributed by atoms with Crippen molar-refractivity contribution in [1.82, 2.24) is 4.98 Å². The molecule has 2 heterocycles. The van der Waals surface area contributed by atoms with Gasteiger partial charge >= 0.3 is 5.97 Å². The van der Waals surface area contributed by atoms with Crippen molar-refractivity contribution in [2.45, 2.75) is 19.8 Å². The van der Waals surface area contributed by atoms with E-state index in [0.29, 0.717) is 44.5 Å². The summed E-state index contributed by atoms with van der Waals surface area (Å²) in [6.07, 6.45) is 4.28. The van der Waals surface area contributed by atoms with Gasteiger partial charge in [0, 0.05) is 13.1 Å². The number of esters is 1. The molecule has 0 atom stereocenters. The molecule has 1 aromatic heterocycles. The number of ether oxygens (including phenoxy) is 1. The molecule has 108 valence electrons. The van der Waals surface area contributed by atoms with E-state index < -0.39 is 5.82 Å². The van der Waals surface area contributed by atoms with Gasteiger partial charge in [0.05, 0.1) is 36.2 Å². The van der Waals surface area contributed by atoms with Crippen molar-refractivity contribution >= 4 is 17.9 Å². The van der Waals surface area contributed by atoms with Gasteiger partial charge in [-0.3, -0.25) is 14.6 Å². The zero-order chi connectivity index (χ0) is 14.5. The average molecular weight is 280 g/mol. The summed E-state index contributed by atoms with van der Waals surface area (Å²) >= 11 is 0. The standard InChI is InChI=1S/C14H17FN2O3/c1-2-20-14(19)10-3-5-17(6-4-10)13-8-16-7-12(15)11(13)9-18/h7-10H,2-6H2,1H3. The van der Waals surface area contributed by atoms with Crippen molar-refractivity contribution in [3.05, 3.63) is 23.8 Å². The first-order chi connectivity index (χ1) is 9.67. The number of aromatic nitrogens is 1. The molecule has 0 spiro atoms. The van der Waals surface area contributed by atoms with Gasteiger partial charge in [-0.15, -0.1) is 0 Å². The summed E-state index contributed by atoms with van der Waals surface area (Å²) in [6, 6.07) is 0. The Morgan fingerprint density at radius 1 is 1.50 bits per heavy atom. The number of aldehydes is 1. The molecule has 0 radical (unpaired) electrons. The smallest absolute Gasteiger partial charge is 0.309 e. The molecule has 1 aliphatic heterocycles. The molecule has 0 unspecified atom stereocenters. The summed E-state index contributed by atoms with van der Waals surface area (Å²) in [5.41, 5.74) is 0.511. The molecule has 1 fully saturated rings. The van der Waals surface area contributed by atoms with Gasteiger partial charge in [0.2, 0.25) is 0 Å². The molecular weight excluding hydrogens is 263 g/mol. The van der Waals surface area contributed by atoms with Gasteiger partial charge in [-0.1, -0.05) is 0 Å². The molecule has 0 amide bonds. The fourth-order valence-electron chi connectivity index (χ4n) is 2.42. The van der Waals surface area contributed by atoms with Crippen LogP contribution in [0.1, 0.15) is 30.1 Å². The largest absolute Gasteiger partial charge is 0.466 e. The van der Waals surface area contributed by atoms with E-state index in [4.69, 9.17) is 4.74 Å². The maximum Gasteiger partial charge on any atom is 0.309 e. The highest BCUT2D eigenvalue weighted by Gasteiger charge is 2.27. The Labute approximate surface area is 116 Å².